The normalized spacial score (nSPS) is 23.8. The van der Waals surface area contributed by atoms with Gasteiger partial charge in [0.15, 0.2) is 0 Å². The molecule has 2 N–H and O–H groups in total. The molecule has 1 aliphatic heterocycles. The minimum absolute atomic E-state index is 0.255. The highest BCUT2D eigenvalue weighted by atomic mass is 16.4. The average Bonchev–Trinajstić information content (AvgIpc) is 3.27. The lowest BCUT2D eigenvalue weighted by Crippen LogP contribution is -2.59. The number of hydrogen-bond acceptors (Lipinski definition) is 3. The fraction of sp³-hybridized carbons (Fsp3) is 0.533. The van der Waals surface area contributed by atoms with E-state index in [0.717, 1.165) is 44.6 Å². The number of carboxylic acids is 1. The van der Waals surface area contributed by atoms with E-state index in [1.807, 2.05) is 30.3 Å². The predicted octanol–water partition coefficient (Wildman–Crippen LogP) is 1.28. The first-order valence-corrected chi connectivity index (χ1v) is 7.01. The third-order valence-electron chi connectivity index (χ3n) is 4.32. The lowest BCUT2D eigenvalue weighted by molar-refractivity contribution is -0.155. The second kappa shape index (κ2) is 4.94. The Morgan fingerprint density at radius 3 is 2.37 bits per heavy atom. The summed E-state index contributed by atoms with van der Waals surface area (Å²) in [5.41, 5.74) is 0.121. The number of hydrogen-bond donors (Lipinski definition) is 2. The van der Waals surface area contributed by atoms with E-state index in [2.05, 4.69) is 10.2 Å². The first kappa shape index (κ1) is 12.6. The molecule has 1 unspecified atom stereocenters. The van der Waals surface area contributed by atoms with E-state index in [-0.39, 0.29) is 5.92 Å². The molecule has 1 saturated heterocycles. The molecule has 2 aliphatic rings. The molecule has 0 bridgehead atoms. The summed E-state index contributed by atoms with van der Waals surface area (Å²) in [4.78, 5) is 14.3. The summed E-state index contributed by atoms with van der Waals surface area (Å²) < 4.78 is 0. The molecule has 1 aliphatic carbocycles. The van der Waals surface area contributed by atoms with Crippen LogP contribution in [0, 0.1) is 5.92 Å². The van der Waals surface area contributed by atoms with E-state index < -0.39 is 11.5 Å². The van der Waals surface area contributed by atoms with Crippen molar-refractivity contribution < 1.29 is 9.90 Å². The topological polar surface area (TPSA) is 52.6 Å². The van der Waals surface area contributed by atoms with Crippen molar-refractivity contribution in [3.63, 3.8) is 0 Å². The first-order chi connectivity index (χ1) is 9.26. The van der Waals surface area contributed by atoms with Crippen LogP contribution in [0.25, 0.3) is 0 Å². The molecule has 1 aromatic carbocycles. The number of carboxylic acid groups (broad SMARTS) is 1. The van der Waals surface area contributed by atoms with Crippen LogP contribution in [0.15, 0.2) is 30.3 Å². The van der Waals surface area contributed by atoms with Crippen LogP contribution in [-0.4, -0.2) is 42.2 Å². The van der Waals surface area contributed by atoms with Crippen LogP contribution < -0.4 is 5.32 Å². The van der Waals surface area contributed by atoms with Crippen LogP contribution in [0.4, 0.5) is 0 Å². The molecule has 1 heterocycles. The zero-order valence-electron chi connectivity index (χ0n) is 11.0. The summed E-state index contributed by atoms with van der Waals surface area (Å²) in [5, 5.41) is 13.3. The largest absolute Gasteiger partial charge is 0.480 e. The second-order valence-electron chi connectivity index (χ2n) is 5.45. The molecule has 1 aromatic rings. The molecule has 1 saturated carbocycles. The first-order valence-electron chi connectivity index (χ1n) is 7.01. The Bertz CT molecular complexity index is 452. The second-order valence-corrected chi connectivity index (χ2v) is 5.45. The van der Waals surface area contributed by atoms with Crippen molar-refractivity contribution in [2.45, 2.75) is 18.4 Å². The number of aliphatic carboxylic acids is 1. The molecule has 0 amide bonds. The highest BCUT2D eigenvalue weighted by Crippen LogP contribution is 2.49. The molecule has 0 aromatic heterocycles. The number of nitrogens with zero attached hydrogens (tertiary/aromatic N) is 1. The van der Waals surface area contributed by atoms with E-state index in [4.69, 9.17) is 0 Å². The van der Waals surface area contributed by atoms with Gasteiger partial charge in [0, 0.05) is 26.2 Å². The Balaban J connectivity index is 2.05. The van der Waals surface area contributed by atoms with Gasteiger partial charge in [-0.05, 0) is 24.3 Å². The van der Waals surface area contributed by atoms with E-state index in [1.54, 1.807) is 0 Å². The number of benzene rings is 1. The summed E-state index contributed by atoms with van der Waals surface area (Å²) in [7, 11) is 0. The molecule has 4 nitrogen and oxygen atoms in total. The van der Waals surface area contributed by atoms with Crippen molar-refractivity contribution in [1.29, 1.82) is 0 Å². The van der Waals surface area contributed by atoms with Crippen molar-refractivity contribution in [3.05, 3.63) is 35.9 Å². The van der Waals surface area contributed by atoms with E-state index >= 15 is 0 Å². The third kappa shape index (κ3) is 2.05. The Morgan fingerprint density at radius 2 is 1.84 bits per heavy atom. The molecule has 3 rings (SSSR count). The Morgan fingerprint density at radius 1 is 1.21 bits per heavy atom. The summed E-state index contributed by atoms with van der Waals surface area (Å²) in [6.07, 6.45) is 2.04. The standard InChI is InChI=1S/C15H20N2O2/c18-14(19)15(13-6-7-13,12-4-2-1-3-5-12)17-10-8-16-9-11-17/h1-5,13,16H,6-11H2,(H,18,19). The maximum absolute atomic E-state index is 12.1. The Hall–Kier alpha value is -1.39. The quantitative estimate of drug-likeness (QED) is 0.856. The zero-order chi connectivity index (χ0) is 13.3. The highest BCUT2D eigenvalue weighted by molar-refractivity contribution is 5.82. The van der Waals surface area contributed by atoms with Crippen molar-refractivity contribution >= 4 is 5.97 Å². The van der Waals surface area contributed by atoms with Gasteiger partial charge in [0.1, 0.15) is 5.54 Å². The predicted molar refractivity (Wildman–Crippen MR) is 72.9 cm³/mol. The van der Waals surface area contributed by atoms with Crippen molar-refractivity contribution in [2.75, 3.05) is 26.2 Å². The van der Waals surface area contributed by atoms with Gasteiger partial charge in [0.2, 0.25) is 0 Å². The average molecular weight is 260 g/mol. The van der Waals surface area contributed by atoms with Gasteiger partial charge in [0.05, 0.1) is 0 Å². The Kier molecular flexibility index (Phi) is 3.29. The van der Waals surface area contributed by atoms with Gasteiger partial charge < -0.3 is 10.4 Å². The summed E-state index contributed by atoms with van der Waals surface area (Å²) in [6, 6.07) is 9.76. The number of piperazine rings is 1. The lowest BCUT2D eigenvalue weighted by atomic mass is 9.82. The van der Waals surface area contributed by atoms with E-state index in [0.29, 0.717) is 0 Å². The van der Waals surface area contributed by atoms with Gasteiger partial charge in [-0.25, -0.2) is 4.79 Å². The highest BCUT2D eigenvalue weighted by Gasteiger charge is 2.56. The molecular formula is C15H20N2O2. The maximum atomic E-state index is 12.1. The molecule has 0 spiro atoms. The van der Waals surface area contributed by atoms with Crippen LogP contribution in [-0.2, 0) is 10.3 Å². The number of rotatable bonds is 4. The van der Waals surface area contributed by atoms with Gasteiger partial charge in [-0.15, -0.1) is 0 Å². The minimum Gasteiger partial charge on any atom is -0.480 e. The van der Waals surface area contributed by atoms with Crippen LogP contribution in [0.3, 0.4) is 0 Å². The van der Waals surface area contributed by atoms with Crippen molar-refractivity contribution in [2.24, 2.45) is 5.92 Å². The molecule has 0 radical (unpaired) electrons. The van der Waals surface area contributed by atoms with Gasteiger partial charge in [-0.1, -0.05) is 30.3 Å². The van der Waals surface area contributed by atoms with Gasteiger partial charge >= 0.3 is 5.97 Å². The molecule has 102 valence electrons. The Labute approximate surface area is 113 Å². The van der Waals surface area contributed by atoms with Crippen LogP contribution in [0.2, 0.25) is 0 Å². The molecule has 2 fully saturated rings. The van der Waals surface area contributed by atoms with Gasteiger partial charge in [-0.2, -0.15) is 0 Å². The fourth-order valence-corrected chi connectivity index (χ4v) is 3.32. The monoisotopic (exact) mass is 260 g/mol. The van der Waals surface area contributed by atoms with Crippen LogP contribution in [0.1, 0.15) is 18.4 Å². The number of carbonyl (C=O) groups is 1. The summed E-state index contributed by atoms with van der Waals surface area (Å²) in [6.45, 7) is 3.35. The fourth-order valence-electron chi connectivity index (χ4n) is 3.32. The smallest absolute Gasteiger partial charge is 0.329 e. The molecule has 19 heavy (non-hydrogen) atoms. The summed E-state index contributed by atoms with van der Waals surface area (Å²) in [5.74, 6) is -0.436. The molecule has 1 atom stereocenters. The molecular weight excluding hydrogens is 240 g/mol. The van der Waals surface area contributed by atoms with E-state index in [9.17, 15) is 9.90 Å². The zero-order valence-corrected chi connectivity index (χ0v) is 11.0. The van der Waals surface area contributed by atoms with Gasteiger partial charge in [0.25, 0.3) is 0 Å². The lowest BCUT2D eigenvalue weighted by Gasteiger charge is -2.43. The third-order valence-corrected chi connectivity index (χ3v) is 4.32. The van der Waals surface area contributed by atoms with Crippen molar-refractivity contribution in [3.8, 4) is 0 Å². The number of nitrogens with one attached hydrogen (secondary N) is 1. The van der Waals surface area contributed by atoms with Crippen molar-refractivity contribution in [1.82, 2.24) is 10.2 Å². The van der Waals surface area contributed by atoms with Crippen LogP contribution in [0.5, 0.6) is 0 Å². The van der Waals surface area contributed by atoms with Crippen LogP contribution >= 0.6 is 0 Å². The maximum Gasteiger partial charge on any atom is 0.329 e. The minimum atomic E-state index is -0.816. The van der Waals surface area contributed by atoms with Gasteiger partial charge in [-0.3, -0.25) is 4.90 Å². The SMILES string of the molecule is O=C(O)C(c1ccccc1)(C1CC1)N1CCNCC1. The van der Waals surface area contributed by atoms with E-state index in [1.165, 1.54) is 0 Å². The molecule has 4 heteroatoms. The summed E-state index contributed by atoms with van der Waals surface area (Å²) >= 11 is 0.